The summed E-state index contributed by atoms with van der Waals surface area (Å²) in [5, 5.41) is 19.6. The molecular formula is C21H31BrO4. The zero-order valence-electron chi connectivity index (χ0n) is 15.8. The Labute approximate surface area is 164 Å². The first-order chi connectivity index (χ1) is 12.2. The van der Waals surface area contributed by atoms with Crippen molar-refractivity contribution in [2.75, 3.05) is 6.61 Å². The average Bonchev–Trinajstić information content (AvgIpc) is 2.92. The highest BCUT2D eigenvalue weighted by Gasteiger charge is 2.65. The van der Waals surface area contributed by atoms with Crippen molar-refractivity contribution in [3.63, 3.8) is 0 Å². The fraction of sp³-hybridized carbons (Fsp3) is 0.905. The van der Waals surface area contributed by atoms with Crippen LogP contribution < -0.4 is 0 Å². The van der Waals surface area contributed by atoms with E-state index < -0.39 is 6.61 Å². The van der Waals surface area contributed by atoms with Gasteiger partial charge in [0.15, 0.2) is 5.78 Å². The molecule has 9 atom stereocenters. The predicted octanol–water partition coefficient (Wildman–Crippen LogP) is 3.12. The van der Waals surface area contributed by atoms with Crippen LogP contribution in [-0.4, -0.2) is 39.3 Å². The van der Waals surface area contributed by atoms with Crippen molar-refractivity contribution in [1.82, 2.24) is 0 Å². The van der Waals surface area contributed by atoms with E-state index in [9.17, 15) is 19.8 Å². The van der Waals surface area contributed by atoms with Gasteiger partial charge in [0.25, 0.3) is 0 Å². The molecule has 4 aliphatic rings. The standard InChI is InChI=1S/C21H31BrO4/c1-20-6-5-11(24)7-15(20)16(22)8-12-13-3-4-14(18(26)10-23)21(13,2)9-17(25)19(12)20/h11-16,19,23-24H,3-10H2,1-2H3/t11?,12-,13-,14+,15?,16?,19+,20-,21-/m0/s1. The van der Waals surface area contributed by atoms with Crippen LogP contribution in [0.2, 0.25) is 0 Å². The number of carbonyl (C=O) groups excluding carboxylic acids is 2. The molecule has 4 rings (SSSR count). The second-order valence-corrected chi connectivity index (χ2v) is 11.1. The number of ketones is 2. The summed E-state index contributed by atoms with van der Waals surface area (Å²) in [7, 11) is 0. The van der Waals surface area contributed by atoms with Crippen molar-refractivity contribution in [1.29, 1.82) is 0 Å². The van der Waals surface area contributed by atoms with Gasteiger partial charge < -0.3 is 10.2 Å². The van der Waals surface area contributed by atoms with Crippen molar-refractivity contribution in [2.45, 2.75) is 69.7 Å². The maximum Gasteiger partial charge on any atom is 0.161 e. The Morgan fingerprint density at radius 2 is 1.88 bits per heavy atom. The summed E-state index contributed by atoms with van der Waals surface area (Å²) >= 11 is 3.92. The van der Waals surface area contributed by atoms with Gasteiger partial charge in [0.2, 0.25) is 0 Å². The van der Waals surface area contributed by atoms with Crippen molar-refractivity contribution < 1.29 is 19.8 Å². The minimum atomic E-state index is -0.409. The molecule has 0 saturated heterocycles. The SMILES string of the molecule is C[C@]12CC(=O)[C@H]3[C@@H](CC(Br)C4CC(O)CC[C@@]43C)[C@@H]1CC[C@@H]2C(=O)CO. The van der Waals surface area contributed by atoms with Crippen LogP contribution >= 0.6 is 15.9 Å². The maximum absolute atomic E-state index is 13.4. The van der Waals surface area contributed by atoms with E-state index in [-0.39, 0.29) is 34.6 Å². The maximum atomic E-state index is 13.4. The Morgan fingerprint density at radius 3 is 2.58 bits per heavy atom. The number of alkyl halides is 1. The highest BCUT2D eigenvalue weighted by atomic mass is 79.9. The van der Waals surface area contributed by atoms with Crippen molar-refractivity contribution >= 4 is 27.5 Å². The number of aliphatic hydroxyl groups is 2. The lowest BCUT2D eigenvalue weighted by atomic mass is 9.44. The van der Waals surface area contributed by atoms with Gasteiger partial charge >= 0.3 is 0 Å². The van der Waals surface area contributed by atoms with Crippen molar-refractivity contribution in [2.24, 2.45) is 40.4 Å². The number of halogens is 1. The third kappa shape index (κ3) is 2.52. The molecule has 4 aliphatic carbocycles. The van der Waals surface area contributed by atoms with Gasteiger partial charge in [0.1, 0.15) is 12.4 Å². The van der Waals surface area contributed by atoms with Crippen molar-refractivity contribution in [3.8, 4) is 0 Å². The van der Waals surface area contributed by atoms with Crippen molar-refractivity contribution in [3.05, 3.63) is 0 Å². The molecule has 0 bridgehead atoms. The van der Waals surface area contributed by atoms with E-state index in [2.05, 4.69) is 29.8 Å². The molecule has 0 radical (unpaired) electrons. The van der Waals surface area contributed by atoms with Crippen LogP contribution in [0, 0.1) is 40.4 Å². The van der Waals surface area contributed by atoms with E-state index in [4.69, 9.17) is 0 Å². The first-order valence-corrected chi connectivity index (χ1v) is 11.1. The van der Waals surface area contributed by atoms with E-state index in [1.54, 1.807) is 0 Å². The van der Waals surface area contributed by atoms with Gasteiger partial charge in [-0.1, -0.05) is 29.8 Å². The van der Waals surface area contributed by atoms with E-state index >= 15 is 0 Å². The van der Waals surface area contributed by atoms with Gasteiger partial charge in [0, 0.05) is 23.1 Å². The Hall–Kier alpha value is -0.260. The second-order valence-electron chi connectivity index (χ2n) is 9.94. The smallest absolute Gasteiger partial charge is 0.161 e. The van der Waals surface area contributed by atoms with Gasteiger partial charge in [-0.3, -0.25) is 9.59 Å². The Morgan fingerprint density at radius 1 is 1.15 bits per heavy atom. The first-order valence-electron chi connectivity index (χ1n) is 10.2. The largest absolute Gasteiger partial charge is 0.393 e. The number of rotatable bonds is 2. The molecule has 146 valence electrons. The van der Waals surface area contributed by atoms with Gasteiger partial charge in [-0.2, -0.15) is 0 Å². The zero-order chi connectivity index (χ0) is 18.9. The summed E-state index contributed by atoms with van der Waals surface area (Å²) in [6, 6.07) is 0. The van der Waals surface area contributed by atoms with E-state index in [0.29, 0.717) is 34.8 Å². The third-order valence-corrected chi connectivity index (χ3v) is 9.85. The fourth-order valence-corrected chi connectivity index (χ4v) is 8.94. The minimum Gasteiger partial charge on any atom is -0.393 e. The van der Waals surface area contributed by atoms with Gasteiger partial charge in [-0.15, -0.1) is 0 Å². The highest BCUT2D eigenvalue weighted by Crippen LogP contribution is 2.67. The minimum absolute atomic E-state index is 0.0478. The molecule has 0 heterocycles. The molecule has 4 nitrogen and oxygen atoms in total. The quantitative estimate of drug-likeness (QED) is 0.665. The van der Waals surface area contributed by atoms with Crippen LogP contribution in [0.4, 0.5) is 0 Å². The Bertz CT molecular complexity index is 621. The first kappa shape index (κ1) is 19.1. The molecule has 2 N–H and O–H groups in total. The fourth-order valence-electron chi connectivity index (χ4n) is 7.69. The molecule has 4 fully saturated rings. The summed E-state index contributed by atoms with van der Waals surface area (Å²) in [6.07, 6.45) is 5.49. The number of carbonyl (C=O) groups is 2. The summed E-state index contributed by atoms with van der Waals surface area (Å²) in [6.45, 7) is 3.99. The van der Waals surface area contributed by atoms with Crippen LogP contribution in [0.15, 0.2) is 0 Å². The summed E-state index contributed by atoms with van der Waals surface area (Å²) in [5.41, 5.74) is -0.337. The molecule has 0 aromatic carbocycles. The molecule has 0 aromatic rings. The number of hydrogen-bond acceptors (Lipinski definition) is 4. The van der Waals surface area contributed by atoms with E-state index in [1.165, 1.54) is 0 Å². The van der Waals surface area contributed by atoms with Gasteiger partial charge in [-0.05, 0) is 67.1 Å². The number of aliphatic hydroxyl groups excluding tert-OH is 2. The van der Waals surface area contributed by atoms with E-state index in [0.717, 1.165) is 38.5 Å². The monoisotopic (exact) mass is 426 g/mol. The molecule has 0 aromatic heterocycles. The van der Waals surface area contributed by atoms with Crippen LogP contribution in [0.3, 0.4) is 0 Å². The number of fused-ring (bicyclic) bond motifs is 5. The molecular weight excluding hydrogens is 396 g/mol. The lowest BCUT2D eigenvalue weighted by Gasteiger charge is -2.61. The normalized spacial score (nSPS) is 53.6. The van der Waals surface area contributed by atoms with Crippen LogP contribution in [0.1, 0.15) is 58.8 Å². The second kappa shape index (κ2) is 6.38. The molecule has 0 aliphatic heterocycles. The molecule has 5 heteroatoms. The van der Waals surface area contributed by atoms with Gasteiger partial charge in [-0.25, -0.2) is 0 Å². The topological polar surface area (TPSA) is 74.6 Å². The number of hydrogen-bond donors (Lipinski definition) is 2. The van der Waals surface area contributed by atoms with E-state index in [1.807, 2.05) is 0 Å². The van der Waals surface area contributed by atoms with Crippen LogP contribution in [0.25, 0.3) is 0 Å². The summed E-state index contributed by atoms with van der Waals surface area (Å²) in [5.74, 6) is 1.18. The number of Topliss-reactive ketones (excluding diaryl/α,β-unsaturated/α-hetero) is 2. The molecule has 26 heavy (non-hydrogen) atoms. The zero-order valence-corrected chi connectivity index (χ0v) is 17.4. The Kier molecular flexibility index (Phi) is 4.68. The average molecular weight is 427 g/mol. The van der Waals surface area contributed by atoms with Crippen LogP contribution in [-0.2, 0) is 9.59 Å². The molecule has 0 amide bonds. The van der Waals surface area contributed by atoms with Gasteiger partial charge in [0.05, 0.1) is 6.10 Å². The summed E-state index contributed by atoms with van der Waals surface area (Å²) < 4.78 is 0. The Balaban J connectivity index is 1.70. The highest BCUT2D eigenvalue weighted by molar-refractivity contribution is 9.09. The van der Waals surface area contributed by atoms with Crippen LogP contribution in [0.5, 0.6) is 0 Å². The molecule has 0 spiro atoms. The molecule has 4 saturated carbocycles. The predicted molar refractivity (Wildman–Crippen MR) is 102 cm³/mol. The molecule has 3 unspecified atom stereocenters. The lowest BCUT2D eigenvalue weighted by Crippen LogP contribution is -2.60. The summed E-state index contributed by atoms with van der Waals surface area (Å²) in [4.78, 5) is 26.1. The lowest BCUT2D eigenvalue weighted by molar-refractivity contribution is -0.161. The third-order valence-electron chi connectivity index (χ3n) is 8.83.